The van der Waals surface area contributed by atoms with Gasteiger partial charge in [0.05, 0.1) is 11.3 Å². The maximum absolute atomic E-state index is 14.4. The van der Waals surface area contributed by atoms with E-state index < -0.39 is 40.7 Å². The third kappa shape index (κ3) is 3.70. The van der Waals surface area contributed by atoms with Crippen molar-refractivity contribution in [2.75, 3.05) is 0 Å². The number of hydrogen-bond donors (Lipinski definition) is 0. The molecule has 0 aliphatic heterocycles. The Morgan fingerprint density at radius 1 is 1.26 bits per heavy atom. The average molecular weight is 381 g/mol. The molecular weight excluding hydrogens is 370 g/mol. The smallest absolute Gasteiger partial charge is 0.431 e. The normalized spacial score (nSPS) is 12.1. The molecule has 1 aromatic carbocycles. The highest BCUT2D eigenvalue weighted by Gasteiger charge is 2.35. The van der Waals surface area contributed by atoms with E-state index in [1.807, 2.05) is 0 Å². The number of rotatable bonds is 3. The second kappa shape index (κ2) is 7.00. The van der Waals surface area contributed by atoms with Crippen LogP contribution in [0.2, 0.25) is 0 Å². The van der Waals surface area contributed by atoms with Gasteiger partial charge in [0.25, 0.3) is 5.56 Å². The van der Waals surface area contributed by atoms with Crippen LogP contribution >= 0.6 is 0 Å². The molecular formula is C17H11F4N3O3. The Morgan fingerprint density at radius 3 is 2.41 bits per heavy atom. The first-order valence-corrected chi connectivity index (χ1v) is 7.28. The molecule has 0 radical (unpaired) electrons. The van der Waals surface area contributed by atoms with Crippen LogP contribution in [0.5, 0.6) is 5.75 Å². The second-order valence-electron chi connectivity index (χ2n) is 5.38. The molecule has 0 saturated carbocycles. The monoisotopic (exact) mass is 381 g/mol. The van der Waals surface area contributed by atoms with Crippen molar-refractivity contribution in [2.24, 2.45) is 7.05 Å². The Hall–Kier alpha value is -3.53. The molecule has 2 rings (SSSR count). The molecule has 1 aromatic heterocycles. The number of alkyl halides is 3. The Labute approximate surface area is 149 Å². The lowest BCUT2D eigenvalue weighted by Crippen LogP contribution is -2.41. The van der Waals surface area contributed by atoms with Gasteiger partial charge < -0.3 is 4.74 Å². The molecule has 6 nitrogen and oxygen atoms in total. The lowest BCUT2D eigenvalue weighted by Gasteiger charge is -2.16. The van der Waals surface area contributed by atoms with Crippen molar-refractivity contribution in [3.8, 4) is 29.8 Å². The van der Waals surface area contributed by atoms with Gasteiger partial charge in [0.2, 0.25) is 0 Å². The van der Waals surface area contributed by atoms with Crippen LogP contribution in [-0.4, -0.2) is 15.2 Å². The predicted octanol–water partition coefficient (Wildman–Crippen LogP) is 1.97. The zero-order chi connectivity index (χ0) is 20.5. The Bertz CT molecular complexity index is 1100. The molecule has 0 N–H and O–H groups in total. The highest BCUT2D eigenvalue weighted by atomic mass is 19.4. The number of nitrogens with zero attached hydrogens (tertiary/aromatic N) is 3. The molecule has 0 saturated heterocycles. The maximum Gasteiger partial charge on any atom is 0.431 e. The van der Waals surface area contributed by atoms with Crippen molar-refractivity contribution in [2.45, 2.75) is 19.2 Å². The van der Waals surface area contributed by atoms with Crippen LogP contribution in [0.4, 0.5) is 17.6 Å². The van der Waals surface area contributed by atoms with E-state index in [1.165, 1.54) is 6.92 Å². The molecule has 0 fully saturated rings. The molecule has 140 valence electrons. The SMILES string of the molecule is C#CC(C)Oc1cc(-n2c(=O)cc(C(F)(F)F)n(C)c2=O)c(F)cc1C#N. The minimum absolute atomic E-state index is 0.170. The van der Waals surface area contributed by atoms with Crippen molar-refractivity contribution >= 4 is 0 Å². The van der Waals surface area contributed by atoms with Gasteiger partial charge in [-0.1, -0.05) is 5.92 Å². The fourth-order valence-electron chi connectivity index (χ4n) is 2.24. The molecule has 0 spiro atoms. The minimum Gasteiger partial charge on any atom is -0.477 e. The zero-order valence-corrected chi connectivity index (χ0v) is 14.0. The summed E-state index contributed by atoms with van der Waals surface area (Å²) < 4.78 is 58.7. The first-order valence-electron chi connectivity index (χ1n) is 7.28. The van der Waals surface area contributed by atoms with Crippen LogP contribution in [0, 0.1) is 29.5 Å². The summed E-state index contributed by atoms with van der Waals surface area (Å²) in [6.45, 7) is 1.45. The first kappa shape index (κ1) is 19.8. The van der Waals surface area contributed by atoms with Crippen LogP contribution in [-0.2, 0) is 13.2 Å². The van der Waals surface area contributed by atoms with E-state index in [1.54, 1.807) is 6.07 Å². The number of nitriles is 1. The molecule has 2 aromatic rings. The van der Waals surface area contributed by atoms with E-state index >= 15 is 0 Å². The fraction of sp³-hybridized carbons (Fsp3) is 0.235. The van der Waals surface area contributed by atoms with Crippen molar-refractivity contribution in [1.82, 2.24) is 9.13 Å². The van der Waals surface area contributed by atoms with Gasteiger partial charge in [0, 0.05) is 19.2 Å². The number of hydrogen-bond acceptors (Lipinski definition) is 4. The van der Waals surface area contributed by atoms with E-state index in [0.717, 1.165) is 13.1 Å². The topological polar surface area (TPSA) is 77.0 Å². The van der Waals surface area contributed by atoms with Crippen LogP contribution in [0.25, 0.3) is 5.69 Å². The second-order valence-corrected chi connectivity index (χ2v) is 5.38. The molecule has 0 bridgehead atoms. The molecule has 1 atom stereocenters. The summed E-state index contributed by atoms with van der Waals surface area (Å²) in [4.78, 5) is 24.4. The van der Waals surface area contributed by atoms with E-state index in [4.69, 9.17) is 16.4 Å². The summed E-state index contributed by atoms with van der Waals surface area (Å²) in [6.07, 6.45) is -0.615. The third-order valence-electron chi connectivity index (χ3n) is 3.56. The number of ether oxygens (including phenoxy) is 1. The van der Waals surface area contributed by atoms with Crippen LogP contribution in [0.1, 0.15) is 18.2 Å². The van der Waals surface area contributed by atoms with Gasteiger partial charge in [-0.2, -0.15) is 18.4 Å². The van der Waals surface area contributed by atoms with Gasteiger partial charge in [-0.25, -0.2) is 13.8 Å². The molecule has 27 heavy (non-hydrogen) atoms. The predicted molar refractivity (Wildman–Crippen MR) is 85.9 cm³/mol. The summed E-state index contributed by atoms with van der Waals surface area (Å²) in [7, 11) is 0.792. The third-order valence-corrected chi connectivity index (χ3v) is 3.56. The van der Waals surface area contributed by atoms with E-state index in [2.05, 4.69) is 5.92 Å². The van der Waals surface area contributed by atoms with E-state index in [-0.39, 0.29) is 26.5 Å². The minimum atomic E-state index is -4.95. The van der Waals surface area contributed by atoms with Gasteiger partial charge in [0.15, 0.2) is 6.10 Å². The van der Waals surface area contributed by atoms with Crippen molar-refractivity contribution < 1.29 is 22.3 Å². The Balaban J connectivity index is 2.80. The molecule has 0 aliphatic rings. The fourth-order valence-corrected chi connectivity index (χ4v) is 2.24. The Morgan fingerprint density at radius 2 is 1.89 bits per heavy atom. The quantitative estimate of drug-likeness (QED) is 0.602. The van der Waals surface area contributed by atoms with Gasteiger partial charge in [-0.05, 0) is 13.0 Å². The molecule has 10 heteroatoms. The average Bonchev–Trinajstić information content (AvgIpc) is 2.59. The van der Waals surface area contributed by atoms with Crippen molar-refractivity contribution in [1.29, 1.82) is 5.26 Å². The lowest BCUT2D eigenvalue weighted by atomic mass is 10.1. The van der Waals surface area contributed by atoms with Crippen LogP contribution < -0.4 is 16.0 Å². The number of aromatic nitrogens is 2. The van der Waals surface area contributed by atoms with Crippen molar-refractivity contribution in [3.05, 3.63) is 56.1 Å². The largest absolute Gasteiger partial charge is 0.477 e. The van der Waals surface area contributed by atoms with Gasteiger partial charge in [-0.3, -0.25) is 9.36 Å². The highest BCUT2D eigenvalue weighted by molar-refractivity contribution is 5.51. The summed E-state index contributed by atoms with van der Waals surface area (Å²) >= 11 is 0. The summed E-state index contributed by atoms with van der Waals surface area (Å²) in [5.74, 6) is 0.806. The van der Waals surface area contributed by atoms with Crippen LogP contribution in [0.15, 0.2) is 27.8 Å². The van der Waals surface area contributed by atoms with Gasteiger partial charge in [-0.15, -0.1) is 6.42 Å². The standard InChI is InChI=1S/C17H11F4N3O3/c1-4-9(2)27-13-6-12(11(18)5-10(13)8-22)24-15(25)7-14(17(19,20)21)23(3)16(24)26/h1,5-7,9H,2-3H3. The number of benzene rings is 1. The zero-order valence-electron chi connectivity index (χ0n) is 14.0. The molecule has 1 unspecified atom stereocenters. The molecule has 0 amide bonds. The summed E-state index contributed by atoms with van der Waals surface area (Å²) in [5, 5.41) is 9.06. The summed E-state index contributed by atoms with van der Waals surface area (Å²) in [6, 6.07) is 3.38. The molecule has 0 aliphatic carbocycles. The lowest BCUT2D eigenvalue weighted by molar-refractivity contribution is -0.144. The number of terminal acetylenes is 1. The van der Waals surface area contributed by atoms with E-state index in [0.29, 0.717) is 6.07 Å². The first-order chi connectivity index (χ1) is 12.5. The van der Waals surface area contributed by atoms with Gasteiger partial charge in [0.1, 0.15) is 23.3 Å². The Kier molecular flexibility index (Phi) is 5.13. The van der Waals surface area contributed by atoms with E-state index in [9.17, 15) is 27.2 Å². The molecule has 1 heterocycles. The van der Waals surface area contributed by atoms with Crippen molar-refractivity contribution in [3.63, 3.8) is 0 Å². The number of halogens is 4. The summed E-state index contributed by atoms with van der Waals surface area (Å²) in [5.41, 5.74) is -5.25. The van der Waals surface area contributed by atoms with Gasteiger partial charge >= 0.3 is 11.9 Å². The van der Waals surface area contributed by atoms with Crippen LogP contribution in [0.3, 0.4) is 0 Å². The maximum atomic E-state index is 14.4. The highest BCUT2D eigenvalue weighted by Crippen LogP contribution is 2.28.